The highest BCUT2D eigenvalue weighted by Crippen LogP contribution is 2.40. The Hall–Kier alpha value is -2.35. The Kier molecular flexibility index (Phi) is 3.12. The SMILES string of the molecule is O=C1NCCN1c1cnn(C2CN(Cc3ncc(C4CC4)o3)C2)c1. The zero-order valence-corrected chi connectivity index (χ0v) is 13.4. The fraction of sp³-hybridized carbons (Fsp3) is 0.562. The average Bonchev–Trinajstić information content (AvgIpc) is 2.95. The lowest BCUT2D eigenvalue weighted by molar-refractivity contribution is 0.0811. The monoisotopic (exact) mass is 328 g/mol. The number of amides is 2. The van der Waals surface area contributed by atoms with Gasteiger partial charge >= 0.3 is 6.03 Å². The first-order valence-electron chi connectivity index (χ1n) is 8.53. The van der Waals surface area contributed by atoms with Crippen LogP contribution in [-0.2, 0) is 6.54 Å². The lowest BCUT2D eigenvalue weighted by atomic mass is 10.1. The number of aromatic nitrogens is 3. The third-order valence-corrected chi connectivity index (χ3v) is 4.98. The van der Waals surface area contributed by atoms with Crippen molar-refractivity contribution in [2.75, 3.05) is 31.1 Å². The van der Waals surface area contributed by atoms with Crippen LogP contribution in [0.4, 0.5) is 10.5 Å². The van der Waals surface area contributed by atoms with E-state index in [4.69, 9.17) is 4.42 Å². The maximum atomic E-state index is 11.7. The molecule has 2 aromatic heterocycles. The van der Waals surface area contributed by atoms with E-state index >= 15 is 0 Å². The number of anilines is 1. The average molecular weight is 328 g/mol. The van der Waals surface area contributed by atoms with Gasteiger partial charge in [-0.15, -0.1) is 0 Å². The largest absolute Gasteiger partial charge is 0.444 e. The van der Waals surface area contributed by atoms with Crippen molar-refractivity contribution in [3.63, 3.8) is 0 Å². The zero-order chi connectivity index (χ0) is 16.1. The number of carbonyl (C=O) groups is 1. The highest BCUT2D eigenvalue weighted by Gasteiger charge is 2.32. The minimum Gasteiger partial charge on any atom is -0.444 e. The summed E-state index contributed by atoms with van der Waals surface area (Å²) < 4.78 is 7.77. The van der Waals surface area contributed by atoms with E-state index in [9.17, 15) is 4.79 Å². The van der Waals surface area contributed by atoms with Crippen LogP contribution in [-0.4, -0.2) is 51.9 Å². The van der Waals surface area contributed by atoms with Gasteiger partial charge in [0.2, 0.25) is 5.89 Å². The first-order chi connectivity index (χ1) is 11.8. The van der Waals surface area contributed by atoms with Gasteiger partial charge in [-0.25, -0.2) is 9.78 Å². The lowest BCUT2D eigenvalue weighted by Crippen LogP contribution is -2.47. The number of rotatable bonds is 5. The van der Waals surface area contributed by atoms with Crippen molar-refractivity contribution in [1.82, 2.24) is 25.0 Å². The van der Waals surface area contributed by atoms with Gasteiger partial charge in [-0.1, -0.05) is 0 Å². The minimum absolute atomic E-state index is 0.0415. The molecule has 4 heterocycles. The first kappa shape index (κ1) is 14.0. The molecule has 5 rings (SSSR count). The number of hydrogen-bond donors (Lipinski definition) is 1. The van der Waals surface area contributed by atoms with Crippen LogP contribution in [0.2, 0.25) is 0 Å². The Morgan fingerprint density at radius 3 is 2.92 bits per heavy atom. The van der Waals surface area contributed by atoms with Crippen molar-refractivity contribution >= 4 is 11.7 Å². The van der Waals surface area contributed by atoms with Gasteiger partial charge in [-0.05, 0) is 12.8 Å². The van der Waals surface area contributed by atoms with Crippen LogP contribution in [0.25, 0.3) is 0 Å². The Morgan fingerprint density at radius 1 is 1.29 bits per heavy atom. The van der Waals surface area contributed by atoms with E-state index in [2.05, 4.69) is 20.3 Å². The second-order valence-corrected chi connectivity index (χ2v) is 6.84. The summed E-state index contributed by atoms with van der Waals surface area (Å²) in [6, 6.07) is 0.308. The van der Waals surface area contributed by atoms with Crippen molar-refractivity contribution in [3.8, 4) is 0 Å². The molecule has 3 aliphatic rings. The molecule has 2 amide bonds. The Bertz CT molecular complexity index is 758. The summed E-state index contributed by atoms with van der Waals surface area (Å²) in [4.78, 5) is 20.1. The molecule has 0 bridgehead atoms. The Balaban J connectivity index is 1.17. The standard InChI is InChI=1S/C16H20N6O2/c23-16-17-3-4-21(16)12-5-19-22(9-12)13-7-20(8-13)10-15-18-6-14(24-15)11-1-2-11/h5-6,9,11,13H,1-4,7-8,10H2,(H,17,23). The fourth-order valence-corrected chi connectivity index (χ4v) is 3.37. The van der Waals surface area contributed by atoms with Gasteiger partial charge in [0, 0.05) is 38.3 Å². The van der Waals surface area contributed by atoms with Crippen molar-refractivity contribution in [2.24, 2.45) is 0 Å². The van der Waals surface area contributed by atoms with Crippen LogP contribution in [0.1, 0.15) is 36.5 Å². The Morgan fingerprint density at radius 2 is 2.17 bits per heavy atom. The van der Waals surface area contributed by atoms with E-state index in [1.165, 1.54) is 12.8 Å². The molecule has 8 nitrogen and oxygen atoms in total. The summed E-state index contributed by atoms with van der Waals surface area (Å²) in [7, 11) is 0. The van der Waals surface area contributed by atoms with Gasteiger partial charge in [0.15, 0.2) is 0 Å². The Labute approximate surface area is 139 Å². The molecule has 1 N–H and O–H groups in total. The fourth-order valence-electron chi connectivity index (χ4n) is 3.37. The topological polar surface area (TPSA) is 79.4 Å². The second kappa shape index (κ2) is 5.34. The summed E-state index contributed by atoms with van der Waals surface area (Å²) in [5.74, 6) is 2.47. The molecule has 0 spiro atoms. The molecule has 0 aromatic carbocycles. The molecule has 24 heavy (non-hydrogen) atoms. The molecule has 8 heteroatoms. The summed E-state index contributed by atoms with van der Waals surface area (Å²) >= 11 is 0. The predicted octanol–water partition coefficient (Wildman–Crippen LogP) is 1.33. The van der Waals surface area contributed by atoms with Gasteiger partial charge in [-0.3, -0.25) is 14.5 Å². The smallest absolute Gasteiger partial charge is 0.322 e. The maximum Gasteiger partial charge on any atom is 0.322 e. The third-order valence-electron chi connectivity index (χ3n) is 4.98. The summed E-state index contributed by atoms with van der Waals surface area (Å²) in [5, 5.41) is 7.23. The highest BCUT2D eigenvalue weighted by atomic mass is 16.4. The number of nitrogens with one attached hydrogen (secondary N) is 1. The molecule has 126 valence electrons. The molecular formula is C16H20N6O2. The highest BCUT2D eigenvalue weighted by molar-refractivity contribution is 5.93. The van der Waals surface area contributed by atoms with Gasteiger partial charge in [0.25, 0.3) is 0 Å². The molecule has 3 fully saturated rings. The molecule has 0 unspecified atom stereocenters. The van der Waals surface area contributed by atoms with E-state index in [-0.39, 0.29) is 6.03 Å². The molecule has 1 saturated carbocycles. The van der Waals surface area contributed by atoms with Crippen LogP contribution < -0.4 is 10.2 Å². The van der Waals surface area contributed by atoms with E-state index in [1.807, 2.05) is 17.1 Å². The van der Waals surface area contributed by atoms with Crippen LogP contribution in [0.15, 0.2) is 23.0 Å². The molecule has 1 aliphatic carbocycles. The molecule has 2 saturated heterocycles. The van der Waals surface area contributed by atoms with Crippen molar-refractivity contribution in [1.29, 1.82) is 0 Å². The van der Waals surface area contributed by atoms with Crippen LogP contribution >= 0.6 is 0 Å². The van der Waals surface area contributed by atoms with Crippen LogP contribution in [0.3, 0.4) is 0 Å². The molecular weight excluding hydrogens is 308 g/mol. The normalized spacial score (nSPS) is 22.0. The van der Waals surface area contributed by atoms with Crippen LogP contribution in [0.5, 0.6) is 0 Å². The summed E-state index contributed by atoms with van der Waals surface area (Å²) in [5.41, 5.74) is 0.866. The number of urea groups is 1. The van der Waals surface area contributed by atoms with Gasteiger partial charge in [0.1, 0.15) is 5.76 Å². The number of hydrogen-bond acceptors (Lipinski definition) is 5. The van der Waals surface area contributed by atoms with Gasteiger partial charge in [0.05, 0.1) is 30.7 Å². The van der Waals surface area contributed by atoms with E-state index < -0.39 is 0 Å². The zero-order valence-electron chi connectivity index (χ0n) is 13.4. The summed E-state index contributed by atoms with van der Waals surface area (Å²) in [6.07, 6.45) is 8.08. The van der Waals surface area contributed by atoms with Gasteiger partial charge < -0.3 is 9.73 Å². The van der Waals surface area contributed by atoms with E-state index in [0.717, 1.165) is 37.0 Å². The van der Waals surface area contributed by atoms with Crippen molar-refractivity contribution in [3.05, 3.63) is 30.2 Å². The van der Waals surface area contributed by atoms with Crippen molar-refractivity contribution in [2.45, 2.75) is 31.3 Å². The minimum atomic E-state index is -0.0415. The van der Waals surface area contributed by atoms with Gasteiger partial charge in [-0.2, -0.15) is 5.10 Å². The summed E-state index contributed by atoms with van der Waals surface area (Å²) in [6.45, 7) is 4.00. The van der Waals surface area contributed by atoms with Crippen LogP contribution in [0, 0.1) is 0 Å². The lowest BCUT2D eigenvalue weighted by Gasteiger charge is -2.38. The third kappa shape index (κ3) is 2.47. The quantitative estimate of drug-likeness (QED) is 0.896. The number of carbonyl (C=O) groups excluding carboxylic acids is 1. The molecule has 2 aromatic rings. The van der Waals surface area contributed by atoms with E-state index in [1.54, 1.807) is 11.1 Å². The first-order valence-corrected chi connectivity index (χ1v) is 8.53. The maximum absolute atomic E-state index is 11.7. The van der Waals surface area contributed by atoms with E-state index in [0.29, 0.717) is 25.0 Å². The number of oxazole rings is 1. The number of nitrogens with zero attached hydrogens (tertiary/aromatic N) is 5. The molecule has 2 aliphatic heterocycles. The second-order valence-electron chi connectivity index (χ2n) is 6.84. The predicted molar refractivity (Wildman–Crippen MR) is 85.8 cm³/mol. The number of likely N-dealkylation sites (tertiary alicyclic amines) is 1. The molecule has 0 atom stereocenters. The molecule has 0 radical (unpaired) electrons. The van der Waals surface area contributed by atoms with Crippen molar-refractivity contribution < 1.29 is 9.21 Å².